The molecule has 1 amide bonds. The van der Waals surface area contributed by atoms with Gasteiger partial charge in [-0.1, -0.05) is 0 Å². The van der Waals surface area contributed by atoms with Gasteiger partial charge in [0.25, 0.3) is 0 Å². The minimum atomic E-state index is -1.02. The fraction of sp³-hybridized carbons (Fsp3) is 0.500. The second-order valence-electron chi connectivity index (χ2n) is 3.95. The summed E-state index contributed by atoms with van der Waals surface area (Å²) < 4.78 is 0. The highest BCUT2D eigenvalue weighted by Crippen LogP contribution is 2.28. The normalized spacial score (nSPS) is 16.8. The van der Waals surface area contributed by atoms with Crippen molar-refractivity contribution in [1.82, 2.24) is 15.3 Å². The first kappa shape index (κ1) is 10.7. The van der Waals surface area contributed by atoms with Gasteiger partial charge in [0.2, 0.25) is 5.91 Å². The van der Waals surface area contributed by atoms with Crippen molar-refractivity contribution in [1.29, 1.82) is 0 Å². The summed E-state index contributed by atoms with van der Waals surface area (Å²) >= 11 is 0. The molecule has 1 heterocycles. The third-order valence-electron chi connectivity index (χ3n) is 2.54. The van der Waals surface area contributed by atoms with Crippen LogP contribution in [0.15, 0.2) is 12.5 Å². The largest absolute Gasteiger partial charge is 0.480 e. The quantitative estimate of drug-likeness (QED) is 0.651. The predicted molar refractivity (Wildman–Crippen MR) is 54.6 cm³/mol. The van der Waals surface area contributed by atoms with Gasteiger partial charge in [-0.2, -0.15) is 0 Å². The van der Waals surface area contributed by atoms with Crippen molar-refractivity contribution in [3.63, 3.8) is 0 Å². The van der Waals surface area contributed by atoms with Crippen LogP contribution in [0.2, 0.25) is 0 Å². The van der Waals surface area contributed by atoms with Crippen molar-refractivity contribution in [2.45, 2.75) is 25.3 Å². The molecule has 0 aromatic carbocycles. The van der Waals surface area contributed by atoms with Gasteiger partial charge < -0.3 is 15.4 Å². The number of carbonyl (C=O) groups excluding carboxylic acids is 1. The van der Waals surface area contributed by atoms with E-state index in [0.717, 1.165) is 12.8 Å². The van der Waals surface area contributed by atoms with Gasteiger partial charge in [0.05, 0.1) is 6.33 Å². The molecule has 1 aliphatic carbocycles. The first-order valence-electron chi connectivity index (χ1n) is 5.17. The van der Waals surface area contributed by atoms with Crippen LogP contribution in [0, 0.1) is 5.92 Å². The first-order valence-corrected chi connectivity index (χ1v) is 5.17. The molecule has 6 heteroatoms. The summed E-state index contributed by atoms with van der Waals surface area (Å²) in [4.78, 5) is 29.0. The average Bonchev–Trinajstić information content (AvgIpc) is 2.97. The number of nitrogens with one attached hydrogen (secondary N) is 2. The minimum absolute atomic E-state index is 0.0172. The number of H-pyrrole nitrogens is 1. The summed E-state index contributed by atoms with van der Waals surface area (Å²) in [6.07, 6.45) is 4.99. The monoisotopic (exact) mass is 223 g/mol. The average molecular weight is 223 g/mol. The molecule has 86 valence electrons. The van der Waals surface area contributed by atoms with Gasteiger partial charge in [-0.05, 0) is 12.8 Å². The zero-order chi connectivity index (χ0) is 11.5. The Bertz CT molecular complexity index is 384. The highest BCUT2D eigenvalue weighted by atomic mass is 16.4. The SMILES string of the molecule is O=C(N[C@@H](Cc1cnc[nH]1)C(=O)O)C1CC1. The van der Waals surface area contributed by atoms with Crippen LogP contribution in [0.1, 0.15) is 18.5 Å². The van der Waals surface area contributed by atoms with Gasteiger partial charge in [0.1, 0.15) is 6.04 Å². The lowest BCUT2D eigenvalue weighted by Crippen LogP contribution is -2.43. The van der Waals surface area contributed by atoms with Gasteiger partial charge in [0, 0.05) is 24.2 Å². The number of imidazole rings is 1. The van der Waals surface area contributed by atoms with Crippen molar-refractivity contribution in [3.05, 3.63) is 18.2 Å². The van der Waals surface area contributed by atoms with Crippen LogP contribution in [0.5, 0.6) is 0 Å². The number of aromatic amines is 1. The van der Waals surface area contributed by atoms with E-state index in [1.54, 1.807) is 6.20 Å². The lowest BCUT2D eigenvalue weighted by molar-refractivity contribution is -0.142. The fourth-order valence-electron chi connectivity index (χ4n) is 1.45. The molecule has 0 aliphatic heterocycles. The lowest BCUT2D eigenvalue weighted by atomic mass is 10.1. The van der Waals surface area contributed by atoms with Gasteiger partial charge in [-0.25, -0.2) is 9.78 Å². The third-order valence-corrected chi connectivity index (χ3v) is 2.54. The maximum absolute atomic E-state index is 11.4. The molecule has 6 nitrogen and oxygen atoms in total. The van der Waals surface area contributed by atoms with Crippen molar-refractivity contribution in [2.75, 3.05) is 0 Å². The smallest absolute Gasteiger partial charge is 0.326 e. The van der Waals surface area contributed by atoms with E-state index in [9.17, 15) is 9.59 Å². The molecule has 0 bridgehead atoms. The Labute approximate surface area is 92.1 Å². The number of hydrogen-bond donors (Lipinski definition) is 3. The standard InChI is InChI=1S/C10H13N3O3/c14-9(6-1-2-6)13-8(10(15)16)3-7-4-11-5-12-7/h4-6,8H,1-3H2,(H,11,12)(H,13,14)(H,15,16)/t8-/m0/s1. The van der Waals surface area contributed by atoms with Crippen LogP contribution >= 0.6 is 0 Å². The molecule has 1 aromatic rings. The van der Waals surface area contributed by atoms with Crippen molar-refractivity contribution in [3.8, 4) is 0 Å². The highest BCUT2D eigenvalue weighted by molar-refractivity contribution is 5.86. The molecule has 2 rings (SSSR count). The molecule has 0 spiro atoms. The number of rotatable bonds is 5. The van der Waals surface area contributed by atoms with E-state index in [1.807, 2.05) is 0 Å². The minimum Gasteiger partial charge on any atom is -0.480 e. The number of carbonyl (C=O) groups is 2. The van der Waals surface area contributed by atoms with Crippen LogP contribution in [-0.2, 0) is 16.0 Å². The predicted octanol–water partition coefficient (Wildman–Crippen LogP) is -0.0684. The summed E-state index contributed by atoms with van der Waals surface area (Å²) in [5, 5.41) is 11.5. The molecule has 0 unspecified atom stereocenters. The molecule has 1 atom stereocenters. The Morgan fingerprint density at radius 1 is 1.62 bits per heavy atom. The van der Waals surface area contributed by atoms with Gasteiger partial charge in [0.15, 0.2) is 0 Å². The molecule has 0 radical (unpaired) electrons. The van der Waals surface area contributed by atoms with Gasteiger partial charge >= 0.3 is 5.97 Å². The van der Waals surface area contributed by atoms with E-state index >= 15 is 0 Å². The zero-order valence-corrected chi connectivity index (χ0v) is 8.64. The summed E-state index contributed by atoms with van der Waals surface area (Å²) in [6.45, 7) is 0. The van der Waals surface area contributed by atoms with E-state index in [4.69, 9.17) is 5.11 Å². The van der Waals surface area contributed by atoms with Crippen molar-refractivity contribution < 1.29 is 14.7 Å². The molecule has 1 aliphatic rings. The number of aromatic nitrogens is 2. The first-order chi connectivity index (χ1) is 7.66. The summed E-state index contributed by atoms with van der Waals surface area (Å²) in [7, 11) is 0. The van der Waals surface area contributed by atoms with Crippen LogP contribution in [0.3, 0.4) is 0 Å². The number of carboxylic acids is 1. The maximum Gasteiger partial charge on any atom is 0.326 e. The van der Waals surface area contributed by atoms with E-state index in [2.05, 4.69) is 15.3 Å². The van der Waals surface area contributed by atoms with Crippen molar-refractivity contribution >= 4 is 11.9 Å². The van der Waals surface area contributed by atoms with Crippen LogP contribution in [0.4, 0.5) is 0 Å². The number of nitrogens with zero attached hydrogens (tertiary/aromatic N) is 1. The molecule has 1 fully saturated rings. The number of aliphatic carboxylic acids is 1. The van der Waals surface area contributed by atoms with E-state index in [0.29, 0.717) is 5.69 Å². The summed E-state index contributed by atoms with van der Waals surface area (Å²) in [5.74, 6) is -1.17. The fourth-order valence-corrected chi connectivity index (χ4v) is 1.45. The Morgan fingerprint density at radius 3 is 2.88 bits per heavy atom. The third kappa shape index (κ3) is 2.59. The van der Waals surface area contributed by atoms with E-state index in [-0.39, 0.29) is 18.2 Å². The Balaban J connectivity index is 1.94. The van der Waals surface area contributed by atoms with Crippen LogP contribution < -0.4 is 5.32 Å². The molecule has 0 saturated heterocycles. The van der Waals surface area contributed by atoms with Gasteiger partial charge in [-0.3, -0.25) is 4.79 Å². The van der Waals surface area contributed by atoms with Crippen molar-refractivity contribution in [2.24, 2.45) is 5.92 Å². The molecular formula is C10H13N3O3. The molecule has 1 saturated carbocycles. The number of carboxylic acid groups (broad SMARTS) is 1. The van der Waals surface area contributed by atoms with Crippen LogP contribution in [0.25, 0.3) is 0 Å². The van der Waals surface area contributed by atoms with E-state index in [1.165, 1.54) is 6.33 Å². The summed E-state index contributed by atoms with van der Waals surface area (Å²) in [5.41, 5.74) is 0.698. The Morgan fingerprint density at radius 2 is 2.38 bits per heavy atom. The highest BCUT2D eigenvalue weighted by Gasteiger charge is 2.32. The Kier molecular flexibility index (Phi) is 2.89. The van der Waals surface area contributed by atoms with Crippen LogP contribution in [-0.4, -0.2) is 33.0 Å². The second-order valence-corrected chi connectivity index (χ2v) is 3.95. The van der Waals surface area contributed by atoms with Gasteiger partial charge in [-0.15, -0.1) is 0 Å². The molecule has 3 N–H and O–H groups in total. The molecule has 16 heavy (non-hydrogen) atoms. The zero-order valence-electron chi connectivity index (χ0n) is 8.64. The molecular weight excluding hydrogens is 210 g/mol. The lowest BCUT2D eigenvalue weighted by Gasteiger charge is -2.13. The second kappa shape index (κ2) is 4.34. The topological polar surface area (TPSA) is 95.1 Å². The van der Waals surface area contributed by atoms with E-state index < -0.39 is 12.0 Å². The maximum atomic E-state index is 11.4. The Hall–Kier alpha value is -1.85. The number of hydrogen-bond acceptors (Lipinski definition) is 3. The molecule has 1 aromatic heterocycles. The summed E-state index contributed by atoms with van der Waals surface area (Å²) in [6, 6.07) is -0.881. The number of amides is 1.